The van der Waals surface area contributed by atoms with Crippen molar-refractivity contribution >= 4 is 5.78 Å². The van der Waals surface area contributed by atoms with E-state index in [2.05, 4.69) is 0 Å². The molecule has 0 radical (unpaired) electrons. The maximum absolute atomic E-state index is 11.8. The third kappa shape index (κ3) is 1.32. The number of benzene rings is 1. The van der Waals surface area contributed by atoms with Gasteiger partial charge in [-0.1, -0.05) is 30.3 Å². The second kappa shape index (κ2) is 3.17. The first-order valence-electron chi connectivity index (χ1n) is 5.59. The number of hydrogen-bond acceptors (Lipinski definition) is 2. The molecule has 2 atom stereocenters. The lowest BCUT2D eigenvalue weighted by Crippen LogP contribution is -2.28. The maximum Gasteiger partial charge on any atom is 0.167 e. The van der Waals surface area contributed by atoms with Crippen molar-refractivity contribution < 1.29 is 9.53 Å². The Morgan fingerprint density at radius 2 is 2.00 bits per heavy atom. The van der Waals surface area contributed by atoms with Crippen LogP contribution in [0.4, 0.5) is 0 Å². The van der Waals surface area contributed by atoms with Crippen LogP contribution in [-0.2, 0) is 9.53 Å². The Morgan fingerprint density at radius 3 is 2.73 bits per heavy atom. The SMILES string of the molecule is O=C1CCCCC12OC2c1ccccc1. The molecule has 15 heavy (non-hydrogen) atoms. The van der Waals surface area contributed by atoms with E-state index < -0.39 is 5.60 Å². The minimum Gasteiger partial charge on any atom is -0.353 e. The fourth-order valence-corrected chi connectivity index (χ4v) is 2.57. The molecule has 1 saturated heterocycles. The fourth-order valence-electron chi connectivity index (χ4n) is 2.57. The lowest BCUT2D eigenvalue weighted by Gasteiger charge is -2.16. The fraction of sp³-hybridized carbons (Fsp3) is 0.462. The number of Topliss-reactive ketones (excluding diaryl/α,β-unsaturated/α-hetero) is 1. The van der Waals surface area contributed by atoms with Gasteiger partial charge in [-0.2, -0.15) is 0 Å². The van der Waals surface area contributed by atoms with E-state index in [1.165, 1.54) is 0 Å². The highest BCUT2D eigenvalue weighted by atomic mass is 16.6. The topological polar surface area (TPSA) is 29.6 Å². The summed E-state index contributed by atoms with van der Waals surface area (Å²) in [5, 5.41) is 0. The van der Waals surface area contributed by atoms with Crippen LogP contribution >= 0.6 is 0 Å². The maximum atomic E-state index is 11.8. The number of carbonyl (C=O) groups excluding carboxylic acids is 1. The Kier molecular flexibility index (Phi) is 1.93. The average Bonchev–Trinajstić information content (AvgIpc) is 3.00. The molecule has 2 nitrogen and oxygen atoms in total. The number of carbonyl (C=O) groups is 1. The van der Waals surface area contributed by atoms with Gasteiger partial charge in [0.15, 0.2) is 11.4 Å². The molecule has 1 aromatic carbocycles. The van der Waals surface area contributed by atoms with Crippen LogP contribution in [-0.4, -0.2) is 11.4 Å². The highest BCUT2D eigenvalue weighted by Gasteiger charge is 2.62. The van der Waals surface area contributed by atoms with Gasteiger partial charge in [0.2, 0.25) is 0 Å². The number of hydrogen-bond donors (Lipinski definition) is 0. The van der Waals surface area contributed by atoms with Crippen molar-refractivity contribution in [1.82, 2.24) is 0 Å². The Morgan fingerprint density at radius 1 is 1.20 bits per heavy atom. The largest absolute Gasteiger partial charge is 0.353 e. The molecule has 2 fully saturated rings. The molecule has 1 aromatic rings. The molecule has 0 aromatic heterocycles. The first-order chi connectivity index (χ1) is 7.33. The van der Waals surface area contributed by atoms with Crippen LogP contribution in [0.15, 0.2) is 30.3 Å². The second-order valence-corrected chi connectivity index (χ2v) is 4.43. The van der Waals surface area contributed by atoms with Gasteiger partial charge in [0.25, 0.3) is 0 Å². The number of rotatable bonds is 1. The van der Waals surface area contributed by atoms with Crippen molar-refractivity contribution in [3.05, 3.63) is 35.9 Å². The highest BCUT2D eigenvalue weighted by Crippen LogP contribution is 2.55. The summed E-state index contributed by atoms with van der Waals surface area (Å²) in [7, 11) is 0. The number of epoxide rings is 1. The Labute approximate surface area is 89.2 Å². The first-order valence-corrected chi connectivity index (χ1v) is 5.59. The Bertz CT molecular complexity index is 385. The summed E-state index contributed by atoms with van der Waals surface area (Å²) in [6.45, 7) is 0. The van der Waals surface area contributed by atoms with Crippen molar-refractivity contribution in [2.75, 3.05) is 0 Å². The molecular formula is C13H14O2. The van der Waals surface area contributed by atoms with Crippen molar-refractivity contribution in [3.63, 3.8) is 0 Å². The van der Waals surface area contributed by atoms with E-state index >= 15 is 0 Å². The van der Waals surface area contributed by atoms with Gasteiger partial charge >= 0.3 is 0 Å². The summed E-state index contributed by atoms with van der Waals surface area (Å²) in [5.74, 6) is 0.308. The molecule has 0 N–H and O–H groups in total. The minimum absolute atomic E-state index is 0.0338. The van der Waals surface area contributed by atoms with E-state index in [0.29, 0.717) is 12.2 Å². The molecule has 3 rings (SSSR count). The van der Waals surface area contributed by atoms with E-state index in [1.807, 2.05) is 30.3 Å². The summed E-state index contributed by atoms with van der Waals surface area (Å²) in [4.78, 5) is 11.8. The monoisotopic (exact) mass is 202 g/mol. The van der Waals surface area contributed by atoms with E-state index in [-0.39, 0.29) is 6.10 Å². The molecule has 78 valence electrons. The summed E-state index contributed by atoms with van der Waals surface area (Å²) >= 11 is 0. The van der Waals surface area contributed by atoms with Gasteiger partial charge < -0.3 is 4.74 Å². The Balaban J connectivity index is 1.85. The molecule has 2 aliphatic rings. The molecule has 2 unspecified atom stereocenters. The van der Waals surface area contributed by atoms with Gasteiger partial charge in [-0.3, -0.25) is 4.79 Å². The molecule has 1 heterocycles. The third-order valence-electron chi connectivity index (χ3n) is 3.47. The summed E-state index contributed by atoms with van der Waals surface area (Å²) < 4.78 is 5.69. The van der Waals surface area contributed by atoms with E-state index in [4.69, 9.17) is 4.74 Å². The zero-order valence-corrected chi connectivity index (χ0v) is 8.61. The second-order valence-electron chi connectivity index (χ2n) is 4.43. The van der Waals surface area contributed by atoms with Crippen LogP contribution in [0.25, 0.3) is 0 Å². The normalized spacial score (nSPS) is 34.4. The number of ether oxygens (including phenoxy) is 1. The van der Waals surface area contributed by atoms with Gasteiger partial charge in [0.05, 0.1) is 0 Å². The summed E-state index contributed by atoms with van der Waals surface area (Å²) in [6, 6.07) is 10.1. The minimum atomic E-state index is -0.431. The van der Waals surface area contributed by atoms with Gasteiger partial charge in [-0.25, -0.2) is 0 Å². The molecule has 1 spiro atoms. The van der Waals surface area contributed by atoms with Crippen LogP contribution in [0.1, 0.15) is 37.4 Å². The Hall–Kier alpha value is -1.15. The number of ketones is 1. The van der Waals surface area contributed by atoms with Gasteiger partial charge in [-0.05, 0) is 24.8 Å². The van der Waals surface area contributed by atoms with Crippen LogP contribution in [0.2, 0.25) is 0 Å². The third-order valence-corrected chi connectivity index (χ3v) is 3.47. The first kappa shape index (κ1) is 9.10. The lowest BCUT2D eigenvalue weighted by molar-refractivity contribution is -0.125. The van der Waals surface area contributed by atoms with Gasteiger partial charge in [0, 0.05) is 6.42 Å². The molecule has 2 heteroatoms. The quantitative estimate of drug-likeness (QED) is 0.655. The predicted molar refractivity (Wildman–Crippen MR) is 56.5 cm³/mol. The van der Waals surface area contributed by atoms with Gasteiger partial charge in [0.1, 0.15) is 6.10 Å². The molecule has 1 saturated carbocycles. The van der Waals surface area contributed by atoms with Crippen molar-refractivity contribution in [3.8, 4) is 0 Å². The smallest absolute Gasteiger partial charge is 0.167 e. The highest BCUT2D eigenvalue weighted by molar-refractivity contribution is 5.91. The predicted octanol–water partition coefficient (Wildman–Crippen LogP) is 2.64. The van der Waals surface area contributed by atoms with Crippen LogP contribution in [0.3, 0.4) is 0 Å². The molecule has 1 aliphatic carbocycles. The van der Waals surface area contributed by atoms with Crippen molar-refractivity contribution in [2.45, 2.75) is 37.4 Å². The average molecular weight is 202 g/mol. The van der Waals surface area contributed by atoms with Crippen molar-refractivity contribution in [2.24, 2.45) is 0 Å². The molecular weight excluding hydrogens is 188 g/mol. The van der Waals surface area contributed by atoms with E-state index in [0.717, 1.165) is 24.8 Å². The zero-order valence-electron chi connectivity index (χ0n) is 8.61. The van der Waals surface area contributed by atoms with E-state index in [1.54, 1.807) is 0 Å². The van der Waals surface area contributed by atoms with Crippen LogP contribution < -0.4 is 0 Å². The van der Waals surface area contributed by atoms with Crippen molar-refractivity contribution in [1.29, 1.82) is 0 Å². The van der Waals surface area contributed by atoms with Gasteiger partial charge in [-0.15, -0.1) is 0 Å². The molecule has 0 amide bonds. The summed E-state index contributed by atoms with van der Waals surface area (Å²) in [6.07, 6.45) is 3.79. The zero-order chi connectivity index (χ0) is 10.3. The van der Waals surface area contributed by atoms with E-state index in [9.17, 15) is 4.79 Å². The van der Waals surface area contributed by atoms with Crippen LogP contribution in [0, 0.1) is 0 Å². The molecule has 1 aliphatic heterocycles. The van der Waals surface area contributed by atoms with Crippen LogP contribution in [0.5, 0.6) is 0 Å². The standard InChI is InChI=1S/C13H14O2/c14-11-8-4-5-9-13(11)12(15-13)10-6-2-1-3-7-10/h1-3,6-7,12H,4-5,8-9H2. The molecule has 0 bridgehead atoms. The lowest BCUT2D eigenvalue weighted by atomic mass is 9.83. The summed E-state index contributed by atoms with van der Waals surface area (Å²) in [5.41, 5.74) is 0.715.